The van der Waals surface area contributed by atoms with Crippen LogP contribution in [-0.2, 0) is 0 Å². The summed E-state index contributed by atoms with van der Waals surface area (Å²) in [6.07, 6.45) is 6.59. The average molecular weight is 297 g/mol. The minimum absolute atomic E-state index is 0.274. The highest BCUT2D eigenvalue weighted by Crippen LogP contribution is 2.36. The number of hydrogen-bond acceptors (Lipinski definition) is 3. The summed E-state index contributed by atoms with van der Waals surface area (Å²) in [5.41, 5.74) is 2.33. The molecule has 0 N–H and O–H groups in total. The Morgan fingerprint density at radius 1 is 1.00 bits per heavy atom. The van der Waals surface area contributed by atoms with Crippen molar-refractivity contribution in [2.45, 2.75) is 44.6 Å². The zero-order chi connectivity index (χ0) is 15.4. The standard InChI is InChI=1S/C19H23NO2/c1-14-19(21-2)18(12-13-20-14)22-17-10-8-16(9-11-17)15-6-4-3-5-7-15/h3-7,12-13,16-17H,8-11H2,1-2H3/t16-,17+. The highest BCUT2D eigenvalue weighted by atomic mass is 16.5. The zero-order valence-electron chi connectivity index (χ0n) is 13.3. The fourth-order valence-electron chi connectivity index (χ4n) is 3.29. The first-order valence-corrected chi connectivity index (χ1v) is 7.99. The maximum atomic E-state index is 6.18. The number of aryl methyl sites for hydroxylation is 1. The molecule has 0 radical (unpaired) electrons. The molecule has 0 amide bonds. The van der Waals surface area contributed by atoms with Crippen LogP contribution < -0.4 is 9.47 Å². The van der Waals surface area contributed by atoms with Crippen molar-refractivity contribution >= 4 is 0 Å². The van der Waals surface area contributed by atoms with E-state index in [0.717, 1.165) is 30.0 Å². The lowest BCUT2D eigenvalue weighted by molar-refractivity contribution is 0.141. The number of pyridine rings is 1. The van der Waals surface area contributed by atoms with Crippen LogP contribution >= 0.6 is 0 Å². The topological polar surface area (TPSA) is 31.4 Å². The van der Waals surface area contributed by atoms with Gasteiger partial charge in [-0.3, -0.25) is 4.98 Å². The maximum absolute atomic E-state index is 6.18. The van der Waals surface area contributed by atoms with E-state index in [2.05, 4.69) is 35.3 Å². The zero-order valence-corrected chi connectivity index (χ0v) is 13.3. The first kappa shape index (κ1) is 14.9. The van der Waals surface area contributed by atoms with Crippen molar-refractivity contribution in [3.63, 3.8) is 0 Å². The van der Waals surface area contributed by atoms with E-state index in [1.54, 1.807) is 13.3 Å². The number of rotatable bonds is 4. The summed E-state index contributed by atoms with van der Waals surface area (Å²) in [4.78, 5) is 4.25. The summed E-state index contributed by atoms with van der Waals surface area (Å²) in [6.45, 7) is 1.94. The van der Waals surface area contributed by atoms with Crippen LogP contribution in [0.15, 0.2) is 42.6 Å². The first-order valence-electron chi connectivity index (χ1n) is 7.99. The van der Waals surface area contributed by atoms with Gasteiger partial charge in [0, 0.05) is 12.3 Å². The van der Waals surface area contributed by atoms with Crippen molar-refractivity contribution in [1.82, 2.24) is 4.98 Å². The Morgan fingerprint density at radius 3 is 2.41 bits per heavy atom. The van der Waals surface area contributed by atoms with Crippen LogP contribution in [0, 0.1) is 6.92 Å². The Hall–Kier alpha value is -2.03. The predicted octanol–water partition coefficient (Wildman–Crippen LogP) is 4.50. The monoisotopic (exact) mass is 297 g/mol. The van der Waals surface area contributed by atoms with Gasteiger partial charge in [-0.1, -0.05) is 30.3 Å². The molecule has 1 aliphatic rings. The smallest absolute Gasteiger partial charge is 0.182 e. The van der Waals surface area contributed by atoms with Gasteiger partial charge in [-0.25, -0.2) is 0 Å². The van der Waals surface area contributed by atoms with Crippen molar-refractivity contribution in [2.24, 2.45) is 0 Å². The summed E-state index contributed by atoms with van der Waals surface area (Å²) in [6, 6.07) is 12.7. The molecule has 1 aromatic heterocycles. The van der Waals surface area contributed by atoms with Gasteiger partial charge >= 0.3 is 0 Å². The summed E-state index contributed by atoms with van der Waals surface area (Å²) >= 11 is 0. The molecule has 0 spiro atoms. The number of aromatic nitrogens is 1. The van der Waals surface area contributed by atoms with Gasteiger partial charge < -0.3 is 9.47 Å². The van der Waals surface area contributed by atoms with Crippen LogP contribution in [0.2, 0.25) is 0 Å². The lowest BCUT2D eigenvalue weighted by atomic mass is 9.83. The van der Waals surface area contributed by atoms with E-state index >= 15 is 0 Å². The summed E-state index contributed by atoms with van der Waals surface area (Å²) in [5.74, 6) is 2.24. The fourth-order valence-corrected chi connectivity index (χ4v) is 3.29. The molecule has 1 aromatic carbocycles. The Morgan fingerprint density at radius 2 is 1.73 bits per heavy atom. The minimum Gasteiger partial charge on any atom is -0.491 e. The van der Waals surface area contributed by atoms with Crippen molar-refractivity contribution in [3.05, 3.63) is 53.9 Å². The second-order valence-electron chi connectivity index (χ2n) is 5.93. The number of ether oxygens (including phenoxy) is 2. The molecular formula is C19H23NO2. The van der Waals surface area contributed by atoms with Gasteiger partial charge in [-0.15, -0.1) is 0 Å². The molecule has 0 bridgehead atoms. The molecule has 2 aromatic rings. The minimum atomic E-state index is 0.274. The molecule has 22 heavy (non-hydrogen) atoms. The van der Waals surface area contributed by atoms with Gasteiger partial charge in [0.1, 0.15) is 0 Å². The summed E-state index contributed by atoms with van der Waals surface area (Å²) < 4.78 is 11.6. The van der Waals surface area contributed by atoms with E-state index in [4.69, 9.17) is 9.47 Å². The first-order chi connectivity index (χ1) is 10.8. The molecule has 3 nitrogen and oxygen atoms in total. The van der Waals surface area contributed by atoms with Gasteiger partial charge in [0.15, 0.2) is 11.5 Å². The molecule has 3 rings (SSSR count). The molecule has 0 saturated heterocycles. The van der Waals surface area contributed by atoms with E-state index in [1.807, 2.05) is 13.0 Å². The van der Waals surface area contributed by atoms with Crippen LogP contribution in [0.25, 0.3) is 0 Å². The van der Waals surface area contributed by atoms with E-state index in [-0.39, 0.29) is 6.10 Å². The molecule has 116 valence electrons. The van der Waals surface area contributed by atoms with Crippen molar-refractivity contribution in [2.75, 3.05) is 7.11 Å². The summed E-state index contributed by atoms with van der Waals surface area (Å²) in [7, 11) is 1.67. The number of hydrogen-bond donors (Lipinski definition) is 0. The van der Waals surface area contributed by atoms with E-state index in [9.17, 15) is 0 Å². The Balaban J connectivity index is 1.62. The second-order valence-corrected chi connectivity index (χ2v) is 5.93. The second kappa shape index (κ2) is 6.82. The average Bonchev–Trinajstić information content (AvgIpc) is 2.57. The number of nitrogens with zero attached hydrogens (tertiary/aromatic N) is 1. The largest absolute Gasteiger partial charge is 0.491 e. The van der Waals surface area contributed by atoms with E-state index in [1.165, 1.54) is 18.4 Å². The lowest BCUT2D eigenvalue weighted by Gasteiger charge is -2.29. The van der Waals surface area contributed by atoms with Gasteiger partial charge in [0.05, 0.1) is 18.9 Å². The lowest BCUT2D eigenvalue weighted by Crippen LogP contribution is -2.23. The predicted molar refractivity (Wildman–Crippen MR) is 87.6 cm³/mol. The van der Waals surface area contributed by atoms with Crippen LogP contribution in [0.3, 0.4) is 0 Å². The SMILES string of the molecule is COc1c(O[C@H]2CC[C@@H](c3ccccc3)CC2)ccnc1C. The van der Waals surface area contributed by atoms with Gasteiger partial charge in [-0.05, 0) is 44.1 Å². The molecule has 0 atom stereocenters. The Kier molecular flexibility index (Phi) is 4.62. The number of methoxy groups -OCH3 is 1. The molecule has 3 heteroatoms. The van der Waals surface area contributed by atoms with Crippen molar-refractivity contribution in [3.8, 4) is 11.5 Å². The van der Waals surface area contributed by atoms with Gasteiger partial charge in [-0.2, -0.15) is 0 Å². The maximum Gasteiger partial charge on any atom is 0.182 e. The van der Waals surface area contributed by atoms with Gasteiger partial charge in [0.25, 0.3) is 0 Å². The summed E-state index contributed by atoms with van der Waals surface area (Å²) in [5, 5.41) is 0. The number of benzene rings is 1. The third-order valence-electron chi connectivity index (χ3n) is 4.49. The molecule has 1 aliphatic carbocycles. The van der Waals surface area contributed by atoms with Crippen LogP contribution in [0.4, 0.5) is 0 Å². The molecule has 1 fully saturated rings. The highest BCUT2D eigenvalue weighted by molar-refractivity contribution is 5.42. The Labute approximate surface area is 132 Å². The molecule has 1 heterocycles. The molecule has 1 saturated carbocycles. The van der Waals surface area contributed by atoms with Crippen LogP contribution in [0.1, 0.15) is 42.9 Å². The molecule has 0 unspecified atom stereocenters. The molecule has 0 aliphatic heterocycles. The Bertz CT molecular complexity index is 604. The third kappa shape index (κ3) is 3.24. The quantitative estimate of drug-likeness (QED) is 0.832. The van der Waals surface area contributed by atoms with Crippen LogP contribution in [-0.4, -0.2) is 18.2 Å². The van der Waals surface area contributed by atoms with Crippen molar-refractivity contribution in [1.29, 1.82) is 0 Å². The normalized spacial score (nSPS) is 21.4. The fraction of sp³-hybridized carbons (Fsp3) is 0.421. The van der Waals surface area contributed by atoms with Crippen molar-refractivity contribution < 1.29 is 9.47 Å². The van der Waals surface area contributed by atoms with Crippen LogP contribution in [0.5, 0.6) is 11.5 Å². The van der Waals surface area contributed by atoms with E-state index < -0.39 is 0 Å². The van der Waals surface area contributed by atoms with Gasteiger partial charge in [0.2, 0.25) is 0 Å². The highest BCUT2D eigenvalue weighted by Gasteiger charge is 2.24. The molecular weight excluding hydrogens is 274 g/mol. The third-order valence-corrected chi connectivity index (χ3v) is 4.49. The van der Waals surface area contributed by atoms with E-state index in [0.29, 0.717) is 5.92 Å².